The van der Waals surface area contributed by atoms with Crippen LogP contribution in [0.25, 0.3) is 0 Å². The van der Waals surface area contributed by atoms with Crippen LogP contribution in [0.4, 0.5) is 26.9 Å². The van der Waals surface area contributed by atoms with Crippen LogP contribution < -0.4 is 26.2 Å². The Hall–Kier alpha value is -3.40. The van der Waals surface area contributed by atoms with Crippen LogP contribution in [-0.2, 0) is 6.54 Å². The van der Waals surface area contributed by atoms with E-state index >= 15 is 0 Å². The Morgan fingerprint density at radius 1 is 1.03 bits per heavy atom. The van der Waals surface area contributed by atoms with E-state index in [1.165, 1.54) is 0 Å². The highest BCUT2D eigenvalue weighted by Gasteiger charge is 2.19. The molecular weight excluding hydrogens is 396 g/mol. The Morgan fingerprint density at radius 3 is 2.45 bits per heavy atom. The van der Waals surface area contributed by atoms with Crippen molar-refractivity contribution in [2.24, 2.45) is 0 Å². The lowest BCUT2D eigenvalue weighted by atomic mass is 10.2. The number of carbonyl (C=O) groups is 2. The normalized spacial score (nSPS) is 14.1. The molecule has 166 valence electrons. The van der Waals surface area contributed by atoms with Gasteiger partial charge < -0.3 is 15.5 Å². The molecule has 1 fully saturated rings. The molecular formula is C21H30N8O2. The van der Waals surface area contributed by atoms with E-state index in [2.05, 4.69) is 41.0 Å². The Balaban J connectivity index is 1.54. The number of hydrogen-bond donors (Lipinski definition) is 4. The fourth-order valence-corrected chi connectivity index (χ4v) is 3.50. The van der Waals surface area contributed by atoms with Crippen molar-refractivity contribution in [3.63, 3.8) is 0 Å². The highest BCUT2D eigenvalue weighted by molar-refractivity contribution is 5.88. The molecule has 2 aromatic rings. The Labute approximate surface area is 182 Å². The van der Waals surface area contributed by atoms with Crippen LogP contribution in [0, 0.1) is 6.92 Å². The van der Waals surface area contributed by atoms with Gasteiger partial charge in [-0.05, 0) is 43.7 Å². The summed E-state index contributed by atoms with van der Waals surface area (Å²) >= 11 is 0. The van der Waals surface area contributed by atoms with E-state index in [0.717, 1.165) is 49.7 Å². The van der Waals surface area contributed by atoms with Crippen molar-refractivity contribution >= 4 is 29.4 Å². The predicted octanol–water partition coefficient (Wildman–Crippen LogP) is 2.00. The van der Waals surface area contributed by atoms with E-state index < -0.39 is 0 Å². The van der Waals surface area contributed by atoms with Gasteiger partial charge in [0.15, 0.2) is 0 Å². The average molecular weight is 427 g/mol. The molecule has 0 bridgehead atoms. The van der Waals surface area contributed by atoms with Crippen molar-refractivity contribution in [2.45, 2.75) is 20.4 Å². The van der Waals surface area contributed by atoms with Gasteiger partial charge in [0.25, 0.3) is 0 Å². The van der Waals surface area contributed by atoms with E-state index in [1.54, 1.807) is 13.2 Å². The van der Waals surface area contributed by atoms with Gasteiger partial charge in [-0.3, -0.25) is 15.5 Å². The summed E-state index contributed by atoms with van der Waals surface area (Å²) in [6.45, 7) is 8.80. The number of carbonyl (C=O) groups excluding carboxylic acids is 2. The SMILES string of the molecule is CCNC(=O)Nc1cc(CN2CCN(c3ccc(NC(=O)NC)nc3C)CC2)ccn1. The zero-order valence-corrected chi connectivity index (χ0v) is 18.2. The number of piperazine rings is 1. The van der Waals surface area contributed by atoms with Gasteiger partial charge in [-0.15, -0.1) is 0 Å². The van der Waals surface area contributed by atoms with E-state index in [4.69, 9.17) is 0 Å². The van der Waals surface area contributed by atoms with Crippen molar-refractivity contribution in [3.8, 4) is 0 Å². The Morgan fingerprint density at radius 2 is 1.77 bits per heavy atom. The van der Waals surface area contributed by atoms with Gasteiger partial charge >= 0.3 is 12.1 Å². The first-order valence-electron chi connectivity index (χ1n) is 10.4. The number of pyridine rings is 2. The standard InChI is InChI=1S/C21H30N8O2/c1-4-23-21(31)27-19-13-16(7-8-24-19)14-28-9-11-29(12-10-28)17-5-6-18(25-15(17)2)26-20(30)22-3/h5-8,13H,4,9-12,14H2,1-3H3,(H2,22,25,26,30)(H2,23,24,27,31). The summed E-state index contributed by atoms with van der Waals surface area (Å²) in [5, 5.41) is 10.7. The van der Waals surface area contributed by atoms with Crippen molar-refractivity contribution < 1.29 is 9.59 Å². The summed E-state index contributed by atoms with van der Waals surface area (Å²) in [6.07, 6.45) is 1.72. The van der Waals surface area contributed by atoms with Gasteiger partial charge in [-0.1, -0.05) is 0 Å². The molecule has 10 heteroatoms. The number of aryl methyl sites for hydroxylation is 1. The summed E-state index contributed by atoms with van der Waals surface area (Å²) in [5.41, 5.74) is 3.08. The number of urea groups is 2. The molecule has 31 heavy (non-hydrogen) atoms. The van der Waals surface area contributed by atoms with E-state index in [9.17, 15) is 9.59 Å². The zero-order chi connectivity index (χ0) is 22.2. The fourth-order valence-electron chi connectivity index (χ4n) is 3.50. The predicted molar refractivity (Wildman–Crippen MR) is 121 cm³/mol. The third kappa shape index (κ3) is 6.29. The van der Waals surface area contributed by atoms with Gasteiger partial charge in [0.1, 0.15) is 11.6 Å². The second kappa shape index (κ2) is 10.6. The third-order valence-electron chi connectivity index (χ3n) is 5.05. The number of aromatic nitrogens is 2. The number of hydrogen-bond acceptors (Lipinski definition) is 6. The van der Waals surface area contributed by atoms with Gasteiger partial charge in [0.05, 0.1) is 11.4 Å². The van der Waals surface area contributed by atoms with Gasteiger partial charge in [-0.2, -0.15) is 0 Å². The van der Waals surface area contributed by atoms with Crippen LogP contribution >= 0.6 is 0 Å². The summed E-state index contributed by atoms with van der Waals surface area (Å²) in [5.74, 6) is 1.09. The topological polar surface area (TPSA) is 115 Å². The van der Waals surface area contributed by atoms with E-state index in [1.807, 2.05) is 38.1 Å². The van der Waals surface area contributed by atoms with Crippen LogP contribution in [0.1, 0.15) is 18.2 Å². The molecule has 1 aliphatic heterocycles. The Bertz CT molecular complexity index is 912. The van der Waals surface area contributed by atoms with Gasteiger partial charge in [-0.25, -0.2) is 19.6 Å². The van der Waals surface area contributed by atoms with Gasteiger partial charge in [0, 0.05) is 52.5 Å². The molecule has 2 aromatic heterocycles. The lowest BCUT2D eigenvalue weighted by molar-refractivity contribution is 0.249. The average Bonchev–Trinajstić information content (AvgIpc) is 2.75. The van der Waals surface area contributed by atoms with E-state index in [-0.39, 0.29) is 12.1 Å². The summed E-state index contributed by atoms with van der Waals surface area (Å²) in [4.78, 5) is 36.6. The Kier molecular flexibility index (Phi) is 7.60. The maximum absolute atomic E-state index is 11.7. The molecule has 1 saturated heterocycles. The van der Waals surface area contributed by atoms with Crippen molar-refractivity contribution in [3.05, 3.63) is 41.7 Å². The highest BCUT2D eigenvalue weighted by atomic mass is 16.2. The lowest BCUT2D eigenvalue weighted by Gasteiger charge is -2.36. The van der Waals surface area contributed by atoms with E-state index in [0.29, 0.717) is 18.2 Å². The number of rotatable bonds is 6. The molecule has 0 radical (unpaired) electrons. The molecule has 1 aliphatic rings. The number of amides is 4. The van der Waals surface area contributed by atoms with Crippen molar-refractivity contribution in [2.75, 3.05) is 55.3 Å². The van der Waals surface area contributed by atoms with Crippen molar-refractivity contribution in [1.82, 2.24) is 25.5 Å². The summed E-state index contributed by atoms with van der Waals surface area (Å²) in [6, 6.07) is 7.18. The minimum Gasteiger partial charge on any atom is -0.368 e. The summed E-state index contributed by atoms with van der Waals surface area (Å²) < 4.78 is 0. The molecule has 3 rings (SSSR count). The molecule has 0 atom stereocenters. The lowest BCUT2D eigenvalue weighted by Crippen LogP contribution is -2.46. The number of nitrogens with zero attached hydrogens (tertiary/aromatic N) is 4. The minimum atomic E-state index is -0.284. The highest BCUT2D eigenvalue weighted by Crippen LogP contribution is 2.22. The number of anilines is 3. The maximum Gasteiger partial charge on any atom is 0.320 e. The molecule has 0 spiro atoms. The smallest absolute Gasteiger partial charge is 0.320 e. The summed E-state index contributed by atoms with van der Waals surface area (Å²) in [7, 11) is 1.57. The van der Waals surface area contributed by atoms with Crippen molar-refractivity contribution in [1.29, 1.82) is 0 Å². The molecule has 3 heterocycles. The zero-order valence-electron chi connectivity index (χ0n) is 18.2. The van der Waals surface area contributed by atoms with Crippen LogP contribution in [0.3, 0.4) is 0 Å². The minimum absolute atomic E-state index is 0.249. The van der Waals surface area contributed by atoms with Crippen LogP contribution in [-0.4, -0.2) is 66.7 Å². The molecule has 10 nitrogen and oxygen atoms in total. The third-order valence-corrected chi connectivity index (χ3v) is 5.05. The quantitative estimate of drug-likeness (QED) is 0.562. The van der Waals surface area contributed by atoms with Gasteiger partial charge in [0.2, 0.25) is 0 Å². The number of nitrogens with one attached hydrogen (secondary N) is 4. The first-order chi connectivity index (χ1) is 15.0. The first-order valence-corrected chi connectivity index (χ1v) is 10.4. The fraction of sp³-hybridized carbons (Fsp3) is 0.429. The molecule has 0 aromatic carbocycles. The second-order valence-electron chi connectivity index (χ2n) is 7.30. The molecule has 4 N–H and O–H groups in total. The first kappa shape index (κ1) is 22.3. The van der Waals surface area contributed by atoms with Crippen LogP contribution in [0.15, 0.2) is 30.5 Å². The molecule has 4 amide bonds. The largest absolute Gasteiger partial charge is 0.368 e. The maximum atomic E-state index is 11.7. The second-order valence-corrected chi connectivity index (χ2v) is 7.30. The molecule has 0 unspecified atom stereocenters. The van der Waals surface area contributed by atoms with Crippen LogP contribution in [0.2, 0.25) is 0 Å². The molecule has 0 saturated carbocycles. The molecule has 0 aliphatic carbocycles. The van der Waals surface area contributed by atoms with Crippen LogP contribution in [0.5, 0.6) is 0 Å². The monoisotopic (exact) mass is 426 g/mol.